The van der Waals surface area contributed by atoms with Gasteiger partial charge in [-0.15, -0.1) is 24.0 Å². The quantitative estimate of drug-likeness (QED) is 0.222. The van der Waals surface area contributed by atoms with Crippen molar-refractivity contribution in [1.29, 1.82) is 0 Å². The second-order valence-corrected chi connectivity index (χ2v) is 6.00. The topological polar surface area (TPSA) is 58.5 Å². The number of halogens is 1. The normalized spacial score (nSPS) is 10.9. The fourth-order valence-electron chi connectivity index (χ4n) is 2.47. The van der Waals surface area contributed by atoms with Gasteiger partial charge in [0.15, 0.2) is 5.96 Å². The largest absolute Gasteiger partial charge is 0.381 e. The number of hydrogen-bond acceptors (Lipinski definition) is 3. The summed E-state index contributed by atoms with van der Waals surface area (Å²) in [6.07, 6.45) is 4.87. The molecule has 2 N–H and O–H groups in total. The molecular formula is C21H31IN4O. The molecule has 2 rings (SSSR count). The van der Waals surface area contributed by atoms with Gasteiger partial charge in [-0.2, -0.15) is 0 Å². The summed E-state index contributed by atoms with van der Waals surface area (Å²) < 4.78 is 5.72. The lowest BCUT2D eigenvalue weighted by Gasteiger charge is -2.11. The average Bonchev–Trinajstić information content (AvgIpc) is 2.69. The minimum Gasteiger partial charge on any atom is -0.381 e. The number of guanidine groups is 1. The third-order valence-electron chi connectivity index (χ3n) is 3.86. The highest BCUT2D eigenvalue weighted by Crippen LogP contribution is 2.00. The summed E-state index contributed by atoms with van der Waals surface area (Å²) in [7, 11) is 0. The van der Waals surface area contributed by atoms with Crippen LogP contribution in [0.5, 0.6) is 0 Å². The van der Waals surface area contributed by atoms with Crippen molar-refractivity contribution in [2.24, 2.45) is 4.99 Å². The molecule has 27 heavy (non-hydrogen) atoms. The smallest absolute Gasteiger partial charge is 0.191 e. The predicted molar refractivity (Wildman–Crippen MR) is 123 cm³/mol. The van der Waals surface area contributed by atoms with Crippen LogP contribution >= 0.6 is 24.0 Å². The van der Waals surface area contributed by atoms with Gasteiger partial charge in [-0.1, -0.05) is 36.4 Å². The molecule has 0 aliphatic rings. The third-order valence-corrected chi connectivity index (χ3v) is 3.86. The molecule has 0 spiro atoms. The fourth-order valence-corrected chi connectivity index (χ4v) is 2.47. The highest BCUT2D eigenvalue weighted by atomic mass is 127. The maximum absolute atomic E-state index is 5.72. The minimum atomic E-state index is 0. The van der Waals surface area contributed by atoms with E-state index in [1.807, 2.05) is 24.3 Å². The molecule has 0 unspecified atom stereocenters. The summed E-state index contributed by atoms with van der Waals surface area (Å²) in [4.78, 5) is 8.86. The summed E-state index contributed by atoms with van der Waals surface area (Å²) >= 11 is 0. The first kappa shape index (κ1) is 23.4. The van der Waals surface area contributed by atoms with Crippen LogP contribution in [-0.4, -0.2) is 37.2 Å². The number of rotatable bonds is 11. The number of pyridine rings is 1. The molecule has 0 saturated carbocycles. The molecule has 0 aliphatic heterocycles. The van der Waals surface area contributed by atoms with Crippen molar-refractivity contribution < 1.29 is 4.74 Å². The van der Waals surface area contributed by atoms with Crippen molar-refractivity contribution in [3.05, 3.63) is 66.0 Å². The molecule has 0 atom stereocenters. The molecular weight excluding hydrogens is 451 g/mol. The monoisotopic (exact) mass is 482 g/mol. The summed E-state index contributed by atoms with van der Waals surface area (Å²) in [5, 5.41) is 6.63. The Balaban J connectivity index is 0.00000364. The van der Waals surface area contributed by atoms with Crippen molar-refractivity contribution >= 4 is 29.9 Å². The van der Waals surface area contributed by atoms with E-state index in [0.29, 0.717) is 6.54 Å². The Bertz CT molecular complexity index is 623. The van der Waals surface area contributed by atoms with Crippen LogP contribution in [0.25, 0.3) is 0 Å². The molecule has 1 aromatic carbocycles. The Morgan fingerprint density at radius 1 is 1.00 bits per heavy atom. The van der Waals surface area contributed by atoms with E-state index in [9.17, 15) is 0 Å². The lowest BCUT2D eigenvalue weighted by molar-refractivity contribution is 0.133. The SMILES string of the molecule is CCNC(=NCc1ccccn1)NCCCCOCCc1ccccc1.I. The van der Waals surface area contributed by atoms with Crippen LogP contribution in [-0.2, 0) is 17.7 Å². The molecule has 0 saturated heterocycles. The Morgan fingerprint density at radius 3 is 2.56 bits per heavy atom. The van der Waals surface area contributed by atoms with E-state index < -0.39 is 0 Å². The van der Waals surface area contributed by atoms with Crippen molar-refractivity contribution in [2.75, 3.05) is 26.3 Å². The van der Waals surface area contributed by atoms with Crippen LogP contribution in [0.15, 0.2) is 59.7 Å². The van der Waals surface area contributed by atoms with Crippen molar-refractivity contribution in [3.63, 3.8) is 0 Å². The molecule has 0 radical (unpaired) electrons. The van der Waals surface area contributed by atoms with Gasteiger partial charge in [-0.25, -0.2) is 4.99 Å². The van der Waals surface area contributed by atoms with E-state index in [4.69, 9.17) is 4.74 Å². The third kappa shape index (κ3) is 10.9. The standard InChI is InChI=1S/C21H30N4O.HI/c1-2-22-21(25-18-20-12-6-7-14-23-20)24-15-8-9-16-26-17-13-19-10-4-3-5-11-19;/h3-7,10-12,14H,2,8-9,13,15-18H2,1H3,(H2,22,24,25);1H. The fraction of sp³-hybridized carbons (Fsp3) is 0.429. The van der Waals surface area contributed by atoms with Crippen molar-refractivity contribution in [2.45, 2.75) is 32.7 Å². The predicted octanol–water partition coefficient (Wildman–Crippen LogP) is 3.79. The highest BCUT2D eigenvalue weighted by Gasteiger charge is 1.98. The number of aromatic nitrogens is 1. The van der Waals surface area contributed by atoms with E-state index in [0.717, 1.165) is 57.2 Å². The number of hydrogen-bond donors (Lipinski definition) is 2. The van der Waals surface area contributed by atoms with Gasteiger partial charge in [0.05, 0.1) is 18.8 Å². The van der Waals surface area contributed by atoms with Gasteiger partial charge >= 0.3 is 0 Å². The van der Waals surface area contributed by atoms with Gasteiger partial charge in [0.1, 0.15) is 0 Å². The first-order chi connectivity index (χ1) is 12.9. The number of nitrogens with zero attached hydrogens (tertiary/aromatic N) is 2. The number of benzene rings is 1. The number of nitrogens with one attached hydrogen (secondary N) is 2. The Kier molecular flexibility index (Phi) is 13.3. The molecule has 0 fully saturated rings. The molecule has 2 aromatic rings. The van der Waals surface area contributed by atoms with Crippen LogP contribution in [0.3, 0.4) is 0 Å². The molecule has 6 heteroatoms. The van der Waals surface area contributed by atoms with E-state index in [2.05, 4.69) is 51.8 Å². The summed E-state index contributed by atoms with van der Waals surface area (Å²) in [6.45, 7) is 5.96. The lowest BCUT2D eigenvalue weighted by Crippen LogP contribution is -2.37. The lowest BCUT2D eigenvalue weighted by atomic mass is 10.2. The summed E-state index contributed by atoms with van der Waals surface area (Å²) in [5.74, 6) is 0.836. The molecule has 0 bridgehead atoms. The molecule has 148 valence electrons. The molecule has 0 aliphatic carbocycles. The van der Waals surface area contributed by atoms with Crippen LogP contribution in [0.4, 0.5) is 0 Å². The van der Waals surface area contributed by atoms with Crippen LogP contribution in [0, 0.1) is 0 Å². The maximum atomic E-state index is 5.72. The van der Waals surface area contributed by atoms with Gasteiger partial charge in [-0.05, 0) is 43.9 Å². The molecule has 1 heterocycles. The van der Waals surface area contributed by atoms with Gasteiger partial charge in [0.2, 0.25) is 0 Å². The molecule has 0 amide bonds. The summed E-state index contributed by atoms with van der Waals surface area (Å²) in [5.41, 5.74) is 2.30. The minimum absolute atomic E-state index is 0. The Hall–Kier alpha value is -1.67. The van der Waals surface area contributed by atoms with Crippen LogP contribution in [0.1, 0.15) is 31.0 Å². The van der Waals surface area contributed by atoms with Crippen LogP contribution in [0.2, 0.25) is 0 Å². The first-order valence-corrected chi connectivity index (χ1v) is 9.42. The number of ether oxygens (including phenoxy) is 1. The molecule has 1 aromatic heterocycles. The van der Waals surface area contributed by atoms with Crippen LogP contribution < -0.4 is 10.6 Å². The van der Waals surface area contributed by atoms with E-state index in [-0.39, 0.29) is 24.0 Å². The maximum Gasteiger partial charge on any atom is 0.191 e. The van der Waals surface area contributed by atoms with Gasteiger partial charge in [-0.3, -0.25) is 4.98 Å². The van der Waals surface area contributed by atoms with E-state index >= 15 is 0 Å². The van der Waals surface area contributed by atoms with Crippen molar-refractivity contribution in [1.82, 2.24) is 15.6 Å². The van der Waals surface area contributed by atoms with Gasteiger partial charge in [0.25, 0.3) is 0 Å². The summed E-state index contributed by atoms with van der Waals surface area (Å²) in [6, 6.07) is 16.3. The zero-order valence-corrected chi connectivity index (χ0v) is 18.4. The Morgan fingerprint density at radius 2 is 1.81 bits per heavy atom. The van der Waals surface area contributed by atoms with Crippen molar-refractivity contribution in [3.8, 4) is 0 Å². The van der Waals surface area contributed by atoms with Gasteiger partial charge in [0, 0.05) is 25.9 Å². The van der Waals surface area contributed by atoms with Gasteiger partial charge < -0.3 is 15.4 Å². The number of unbranched alkanes of at least 4 members (excludes halogenated alkanes) is 1. The molecule has 5 nitrogen and oxygen atoms in total. The first-order valence-electron chi connectivity index (χ1n) is 9.42. The highest BCUT2D eigenvalue weighted by molar-refractivity contribution is 14.0. The van der Waals surface area contributed by atoms with E-state index in [1.165, 1.54) is 5.56 Å². The number of aliphatic imine (C=N–C) groups is 1. The van der Waals surface area contributed by atoms with E-state index in [1.54, 1.807) is 6.20 Å². The Labute approximate surface area is 180 Å². The zero-order chi connectivity index (χ0) is 18.3. The zero-order valence-electron chi connectivity index (χ0n) is 16.1. The second kappa shape index (κ2) is 15.4. The average molecular weight is 482 g/mol. The second-order valence-electron chi connectivity index (χ2n) is 6.00.